The van der Waals surface area contributed by atoms with E-state index in [1.165, 1.54) is 5.56 Å². The molecule has 4 aliphatic rings. The fraction of sp³-hybridized carbons (Fsp3) is 0.682. The molecular weight excluding hydrogens is 340 g/mol. The molecule has 1 spiro atoms. The van der Waals surface area contributed by atoms with E-state index in [1.54, 1.807) is 0 Å². The van der Waals surface area contributed by atoms with Crippen molar-refractivity contribution in [3.05, 3.63) is 35.9 Å². The van der Waals surface area contributed by atoms with Gasteiger partial charge >= 0.3 is 0 Å². The Hall–Kier alpha value is -1.43. The number of hydrogen-bond acceptors (Lipinski definition) is 4. The Kier molecular flexibility index (Phi) is 4.30. The Labute approximate surface area is 161 Å². The number of likely N-dealkylation sites (tertiary alicyclic amines) is 2. The molecule has 1 amide bonds. The summed E-state index contributed by atoms with van der Waals surface area (Å²) in [5.41, 5.74) is 1.56. The van der Waals surface area contributed by atoms with Crippen molar-refractivity contribution in [2.24, 2.45) is 5.92 Å². The summed E-state index contributed by atoms with van der Waals surface area (Å²) in [5.74, 6) is 0.703. The van der Waals surface area contributed by atoms with Crippen LogP contribution in [0.1, 0.15) is 37.7 Å². The van der Waals surface area contributed by atoms with Crippen molar-refractivity contribution in [1.82, 2.24) is 9.80 Å². The fourth-order valence-electron chi connectivity index (χ4n) is 5.12. The third-order valence-electron chi connectivity index (χ3n) is 7.29. The van der Waals surface area contributed by atoms with Crippen molar-refractivity contribution in [2.75, 3.05) is 46.0 Å². The minimum atomic E-state index is 0.0856. The molecule has 4 aliphatic heterocycles. The summed E-state index contributed by atoms with van der Waals surface area (Å²) < 4.78 is 11.1. The number of amides is 1. The van der Waals surface area contributed by atoms with E-state index in [9.17, 15) is 4.79 Å². The molecule has 0 unspecified atom stereocenters. The van der Waals surface area contributed by atoms with Gasteiger partial charge in [-0.3, -0.25) is 9.69 Å². The molecule has 0 N–H and O–H groups in total. The Balaban J connectivity index is 1.34. The van der Waals surface area contributed by atoms with Crippen LogP contribution < -0.4 is 0 Å². The zero-order chi connectivity index (χ0) is 18.5. The molecule has 5 nitrogen and oxygen atoms in total. The van der Waals surface area contributed by atoms with E-state index in [2.05, 4.69) is 47.1 Å². The zero-order valence-electron chi connectivity index (χ0n) is 16.2. The highest BCUT2D eigenvalue weighted by Gasteiger charge is 2.49. The Morgan fingerprint density at radius 2 is 1.78 bits per heavy atom. The topological polar surface area (TPSA) is 45.3 Å². The van der Waals surface area contributed by atoms with E-state index in [0.29, 0.717) is 5.91 Å². The molecule has 4 heterocycles. The van der Waals surface area contributed by atoms with Crippen molar-refractivity contribution in [3.63, 3.8) is 0 Å². The van der Waals surface area contributed by atoms with Crippen molar-refractivity contribution < 1.29 is 14.3 Å². The van der Waals surface area contributed by atoms with Gasteiger partial charge in [0, 0.05) is 31.5 Å². The second-order valence-corrected chi connectivity index (χ2v) is 9.15. The van der Waals surface area contributed by atoms with Gasteiger partial charge in [0.1, 0.15) is 0 Å². The van der Waals surface area contributed by atoms with Crippen molar-refractivity contribution in [2.45, 2.75) is 43.2 Å². The Morgan fingerprint density at radius 3 is 2.37 bits per heavy atom. The van der Waals surface area contributed by atoms with Gasteiger partial charge in [-0.05, 0) is 38.3 Å². The van der Waals surface area contributed by atoms with Crippen LogP contribution in [0.4, 0.5) is 0 Å². The van der Waals surface area contributed by atoms with Gasteiger partial charge in [0.25, 0.3) is 0 Å². The second kappa shape index (κ2) is 6.57. The van der Waals surface area contributed by atoms with E-state index in [-0.39, 0.29) is 23.0 Å². The number of hydrogen-bond donors (Lipinski definition) is 0. The van der Waals surface area contributed by atoms with Gasteiger partial charge in [-0.25, -0.2) is 0 Å². The lowest BCUT2D eigenvalue weighted by Crippen LogP contribution is -2.63. The van der Waals surface area contributed by atoms with Gasteiger partial charge in [-0.15, -0.1) is 0 Å². The lowest BCUT2D eigenvalue weighted by atomic mass is 9.77. The lowest BCUT2D eigenvalue weighted by Gasteiger charge is -2.52. The highest BCUT2D eigenvalue weighted by atomic mass is 16.6. The normalized spacial score (nSPS) is 32.1. The van der Waals surface area contributed by atoms with E-state index in [1.807, 2.05) is 0 Å². The number of carbonyl (C=O) groups is 1. The predicted octanol–water partition coefficient (Wildman–Crippen LogP) is 2.27. The number of epoxide rings is 1. The highest BCUT2D eigenvalue weighted by molar-refractivity contribution is 5.80. The molecule has 27 heavy (non-hydrogen) atoms. The van der Waals surface area contributed by atoms with Crippen molar-refractivity contribution in [3.8, 4) is 0 Å². The molecule has 0 radical (unpaired) electrons. The van der Waals surface area contributed by atoms with Crippen LogP contribution in [0.25, 0.3) is 0 Å². The standard InChI is InChI=1S/C22H30N2O3/c1-21(14-26-15-21)24-10-7-18(19(13-24)17-5-3-2-4-6-17)20(25)23-11-8-22(9-12-23)16-27-22/h2-6,18-19H,7-16H2,1H3/t18-,19+/m1/s1. The third kappa shape index (κ3) is 3.20. The smallest absolute Gasteiger partial charge is 0.226 e. The Morgan fingerprint density at radius 1 is 1.07 bits per heavy atom. The monoisotopic (exact) mass is 370 g/mol. The first-order valence-electron chi connectivity index (χ1n) is 10.4. The van der Waals surface area contributed by atoms with Gasteiger partial charge in [-0.2, -0.15) is 0 Å². The first-order chi connectivity index (χ1) is 13.1. The minimum absolute atomic E-state index is 0.0856. The molecule has 0 aromatic heterocycles. The maximum atomic E-state index is 13.5. The number of nitrogens with zero attached hydrogens (tertiary/aromatic N) is 2. The maximum Gasteiger partial charge on any atom is 0.226 e. The number of benzene rings is 1. The average molecular weight is 370 g/mol. The number of carbonyl (C=O) groups excluding carboxylic acids is 1. The zero-order valence-corrected chi connectivity index (χ0v) is 16.2. The van der Waals surface area contributed by atoms with E-state index < -0.39 is 0 Å². The van der Waals surface area contributed by atoms with Crippen LogP contribution in [0.3, 0.4) is 0 Å². The Bertz CT molecular complexity index is 689. The number of piperidine rings is 2. The maximum absolute atomic E-state index is 13.5. The van der Waals surface area contributed by atoms with Crippen LogP contribution in [0.15, 0.2) is 30.3 Å². The molecule has 2 atom stereocenters. The quantitative estimate of drug-likeness (QED) is 0.766. The molecule has 146 valence electrons. The summed E-state index contributed by atoms with van der Waals surface area (Å²) in [4.78, 5) is 18.1. The van der Waals surface area contributed by atoms with Gasteiger partial charge < -0.3 is 14.4 Å². The third-order valence-corrected chi connectivity index (χ3v) is 7.29. The summed E-state index contributed by atoms with van der Waals surface area (Å²) in [6, 6.07) is 10.6. The molecule has 0 aliphatic carbocycles. The highest BCUT2D eigenvalue weighted by Crippen LogP contribution is 2.41. The molecule has 0 bridgehead atoms. The van der Waals surface area contributed by atoms with Crippen LogP contribution in [0.5, 0.6) is 0 Å². The van der Waals surface area contributed by atoms with Crippen molar-refractivity contribution in [1.29, 1.82) is 0 Å². The van der Waals surface area contributed by atoms with Crippen LogP contribution in [-0.4, -0.2) is 72.8 Å². The largest absolute Gasteiger partial charge is 0.377 e. The second-order valence-electron chi connectivity index (χ2n) is 9.15. The van der Waals surface area contributed by atoms with Crippen LogP contribution in [0, 0.1) is 5.92 Å². The summed E-state index contributed by atoms with van der Waals surface area (Å²) >= 11 is 0. The molecule has 1 aromatic rings. The van der Waals surface area contributed by atoms with Crippen LogP contribution in [-0.2, 0) is 14.3 Å². The SMILES string of the molecule is CC1(N2CC[C@@H](C(=O)N3CCC4(CC3)CO4)[C@H](c3ccccc3)C2)COC1. The van der Waals surface area contributed by atoms with E-state index >= 15 is 0 Å². The number of rotatable bonds is 3. The first-order valence-corrected chi connectivity index (χ1v) is 10.4. The molecule has 1 aromatic carbocycles. The van der Waals surface area contributed by atoms with Gasteiger partial charge in [-0.1, -0.05) is 30.3 Å². The summed E-state index contributed by atoms with van der Waals surface area (Å²) in [7, 11) is 0. The average Bonchev–Trinajstić information content (AvgIpc) is 3.45. The molecule has 4 saturated heterocycles. The summed E-state index contributed by atoms with van der Waals surface area (Å²) in [6.45, 7) is 8.43. The fourth-order valence-corrected chi connectivity index (χ4v) is 5.12. The molecule has 5 heteroatoms. The molecule has 5 rings (SSSR count). The summed E-state index contributed by atoms with van der Waals surface area (Å²) in [5, 5.41) is 0. The van der Waals surface area contributed by atoms with E-state index in [0.717, 1.165) is 65.3 Å². The van der Waals surface area contributed by atoms with Gasteiger partial charge in [0.2, 0.25) is 5.91 Å². The van der Waals surface area contributed by atoms with Crippen LogP contribution in [0.2, 0.25) is 0 Å². The van der Waals surface area contributed by atoms with E-state index in [4.69, 9.17) is 9.47 Å². The molecule has 4 fully saturated rings. The minimum Gasteiger partial charge on any atom is -0.377 e. The number of ether oxygens (including phenoxy) is 2. The molecule has 0 saturated carbocycles. The van der Waals surface area contributed by atoms with Crippen molar-refractivity contribution >= 4 is 5.91 Å². The molecular formula is C22H30N2O3. The summed E-state index contributed by atoms with van der Waals surface area (Å²) in [6.07, 6.45) is 2.94. The first kappa shape index (κ1) is 17.7. The predicted molar refractivity (Wildman–Crippen MR) is 103 cm³/mol. The van der Waals surface area contributed by atoms with Gasteiger partial charge in [0.15, 0.2) is 0 Å². The van der Waals surface area contributed by atoms with Crippen LogP contribution >= 0.6 is 0 Å². The van der Waals surface area contributed by atoms with Gasteiger partial charge in [0.05, 0.1) is 31.0 Å². The lowest BCUT2D eigenvalue weighted by molar-refractivity contribution is -0.152.